The van der Waals surface area contributed by atoms with Gasteiger partial charge >= 0.3 is 0 Å². The van der Waals surface area contributed by atoms with E-state index in [1.54, 1.807) is 12.1 Å². The first kappa shape index (κ1) is 32.0. The number of piperidine rings is 1. The molecule has 0 bridgehead atoms. The van der Waals surface area contributed by atoms with E-state index < -0.39 is 15.5 Å². The van der Waals surface area contributed by atoms with Crippen molar-refractivity contribution < 1.29 is 13.4 Å². The molecule has 9 heteroatoms. The maximum Gasteiger partial charge on any atom is 0.254 e. The average Bonchev–Trinajstić information content (AvgIpc) is 2.98. The zero-order valence-corrected chi connectivity index (χ0v) is 25.3. The standard InChI is InChI=1S/C33H38FN5O2S.CH4/c1-23-19-24(2)28(21-27(23)20-25-11-13-37(14-12-25)30-9-5-4-7-26(30)22-35)33(40)39-17-15-38(16-18-39)31-10-6-8-29(34)32(31)42(3,36)41;/h4-10,19,21,25,36H,11-18,20H2,1-3H3;1H4/t42-;/m1./s1. The van der Waals surface area contributed by atoms with E-state index in [4.69, 9.17) is 4.78 Å². The third kappa shape index (κ3) is 6.86. The van der Waals surface area contributed by atoms with Crippen LogP contribution in [0.15, 0.2) is 59.5 Å². The lowest BCUT2D eigenvalue weighted by Gasteiger charge is -2.37. The fourth-order valence-electron chi connectivity index (χ4n) is 6.33. The van der Waals surface area contributed by atoms with Gasteiger partial charge in [0.05, 0.1) is 26.7 Å². The van der Waals surface area contributed by atoms with E-state index in [-0.39, 0.29) is 18.2 Å². The molecule has 1 atom stereocenters. The van der Waals surface area contributed by atoms with Crippen molar-refractivity contribution in [1.82, 2.24) is 4.90 Å². The van der Waals surface area contributed by atoms with Crippen LogP contribution in [-0.2, 0) is 16.1 Å². The number of halogens is 1. The van der Waals surface area contributed by atoms with Gasteiger partial charge in [-0.1, -0.05) is 31.7 Å². The number of nitrogens with zero attached hydrogens (tertiary/aromatic N) is 4. The molecule has 0 spiro atoms. The predicted molar refractivity (Wildman–Crippen MR) is 172 cm³/mol. The van der Waals surface area contributed by atoms with Gasteiger partial charge in [-0.15, -0.1) is 0 Å². The molecule has 228 valence electrons. The summed E-state index contributed by atoms with van der Waals surface area (Å²) in [6.07, 6.45) is 4.22. The summed E-state index contributed by atoms with van der Waals surface area (Å²) in [5.74, 6) is -0.126. The molecular formula is C34H42FN5O2S. The molecule has 0 saturated carbocycles. The van der Waals surface area contributed by atoms with E-state index in [9.17, 15) is 18.7 Å². The number of rotatable bonds is 6. The molecule has 5 rings (SSSR count). The lowest BCUT2D eigenvalue weighted by atomic mass is 9.86. The molecular weight excluding hydrogens is 561 g/mol. The van der Waals surface area contributed by atoms with E-state index in [1.165, 1.54) is 23.4 Å². The second-order valence-corrected chi connectivity index (χ2v) is 13.7. The molecule has 3 aromatic rings. The van der Waals surface area contributed by atoms with Gasteiger partial charge < -0.3 is 14.7 Å². The Morgan fingerprint density at radius 3 is 2.23 bits per heavy atom. The van der Waals surface area contributed by atoms with Gasteiger partial charge in [0.1, 0.15) is 16.8 Å². The number of piperazine rings is 1. The van der Waals surface area contributed by atoms with Crippen molar-refractivity contribution in [3.05, 3.63) is 88.2 Å². The molecule has 2 aliphatic heterocycles. The van der Waals surface area contributed by atoms with E-state index >= 15 is 0 Å². The minimum absolute atomic E-state index is 0. The third-order valence-electron chi connectivity index (χ3n) is 8.64. The number of hydrogen-bond donors (Lipinski definition) is 1. The Morgan fingerprint density at radius 1 is 0.953 bits per heavy atom. The monoisotopic (exact) mass is 603 g/mol. The number of carbonyl (C=O) groups is 1. The van der Waals surface area contributed by atoms with Gasteiger partial charge in [-0.3, -0.25) is 4.79 Å². The summed E-state index contributed by atoms with van der Waals surface area (Å²) in [5.41, 5.74) is 6.28. The number of anilines is 2. The van der Waals surface area contributed by atoms with Crippen LogP contribution >= 0.6 is 0 Å². The van der Waals surface area contributed by atoms with Crippen molar-refractivity contribution in [3.63, 3.8) is 0 Å². The molecule has 7 nitrogen and oxygen atoms in total. The summed E-state index contributed by atoms with van der Waals surface area (Å²) >= 11 is 0. The molecule has 3 aromatic carbocycles. The Hall–Kier alpha value is -3.90. The van der Waals surface area contributed by atoms with Gasteiger partial charge in [0.25, 0.3) is 5.91 Å². The number of nitriles is 1. The highest BCUT2D eigenvalue weighted by molar-refractivity contribution is 7.91. The normalized spacial score (nSPS) is 17.1. The first-order chi connectivity index (χ1) is 20.1. The average molecular weight is 604 g/mol. The van der Waals surface area contributed by atoms with Gasteiger partial charge in [-0.25, -0.2) is 13.4 Å². The van der Waals surface area contributed by atoms with Gasteiger partial charge in [0, 0.05) is 51.1 Å². The van der Waals surface area contributed by atoms with E-state index in [0.717, 1.165) is 49.2 Å². The van der Waals surface area contributed by atoms with Crippen LogP contribution in [0, 0.1) is 41.7 Å². The zero-order chi connectivity index (χ0) is 30.0. The summed E-state index contributed by atoms with van der Waals surface area (Å²) in [5, 5.41) is 9.49. The van der Waals surface area contributed by atoms with E-state index in [0.29, 0.717) is 43.3 Å². The molecule has 2 aliphatic rings. The molecule has 2 saturated heterocycles. The Kier molecular flexibility index (Phi) is 9.81. The summed E-state index contributed by atoms with van der Waals surface area (Å²) in [6.45, 7) is 7.78. The van der Waals surface area contributed by atoms with Gasteiger partial charge in [-0.05, 0) is 86.1 Å². The second kappa shape index (κ2) is 13.2. The fraction of sp³-hybridized carbons (Fsp3) is 0.412. The second-order valence-electron chi connectivity index (χ2n) is 11.6. The molecule has 2 heterocycles. The van der Waals surface area contributed by atoms with Crippen molar-refractivity contribution in [2.75, 3.05) is 55.3 Å². The maximum absolute atomic E-state index is 14.5. The Morgan fingerprint density at radius 2 is 1.58 bits per heavy atom. The van der Waals surface area contributed by atoms with Crippen molar-refractivity contribution in [2.24, 2.45) is 5.92 Å². The van der Waals surface area contributed by atoms with Gasteiger partial charge in [-0.2, -0.15) is 5.26 Å². The van der Waals surface area contributed by atoms with Crippen molar-refractivity contribution >= 4 is 27.0 Å². The first-order valence-corrected chi connectivity index (χ1v) is 16.4. The molecule has 1 N–H and O–H groups in total. The van der Waals surface area contributed by atoms with E-state index in [1.807, 2.05) is 41.0 Å². The topological polar surface area (TPSA) is 91.5 Å². The van der Waals surface area contributed by atoms with Gasteiger partial charge in [0.15, 0.2) is 0 Å². The van der Waals surface area contributed by atoms with Crippen molar-refractivity contribution in [1.29, 1.82) is 10.0 Å². The number of nitrogens with one attached hydrogen (secondary N) is 1. The highest BCUT2D eigenvalue weighted by Gasteiger charge is 2.28. The number of para-hydroxylation sites is 1. The molecule has 1 amide bonds. The minimum atomic E-state index is -3.25. The summed E-state index contributed by atoms with van der Waals surface area (Å²) < 4.78 is 35.0. The predicted octanol–water partition coefficient (Wildman–Crippen LogP) is 6.41. The Labute approximate surface area is 255 Å². The SMILES string of the molecule is C.Cc1cc(C)c(C(=O)N2CCN(c3cccc(F)c3[S@](C)(=N)=O)CC2)cc1CC1CCN(c2ccccc2C#N)CC1. The summed E-state index contributed by atoms with van der Waals surface area (Å²) in [6, 6.07) is 18.8. The highest BCUT2D eigenvalue weighted by Crippen LogP contribution is 2.31. The number of aryl methyl sites for hydroxylation is 2. The van der Waals surface area contributed by atoms with Crippen LogP contribution in [-0.4, -0.2) is 60.5 Å². The van der Waals surface area contributed by atoms with Crippen LogP contribution < -0.4 is 9.80 Å². The minimum Gasteiger partial charge on any atom is -0.370 e. The molecule has 0 unspecified atom stereocenters. The molecule has 0 aliphatic carbocycles. The van der Waals surface area contributed by atoms with Crippen LogP contribution in [0.2, 0.25) is 0 Å². The Balaban J connectivity index is 0.00000423. The van der Waals surface area contributed by atoms with Gasteiger partial charge in [0.2, 0.25) is 0 Å². The number of amides is 1. The van der Waals surface area contributed by atoms with Crippen LogP contribution in [0.5, 0.6) is 0 Å². The molecule has 0 radical (unpaired) electrons. The summed E-state index contributed by atoms with van der Waals surface area (Å²) in [4.78, 5) is 19.7. The number of hydrogen-bond acceptors (Lipinski definition) is 6. The summed E-state index contributed by atoms with van der Waals surface area (Å²) in [7, 11) is -3.25. The molecule has 43 heavy (non-hydrogen) atoms. The number of benzene rings is 3. The first-order valence-electron chi connectivity index (χ1n) is 14.5. The smallest absolute Gasteiger partial charge is 0.254 e. The van der Waals surface area contributed by atoms with Crippen LogP contribution in [0.4, 0.5) is 15.8 Å². The lowest BCUT2D eigenvalue weighted by molar-refractivity contribution is 0.0745. The van der Waals surface area contributed by atoms with E-state index in [2.05, 4.69) is 30.0 Å². The van der Waals surface area contributed by atoms with Crippen molar-refractivity contribution in [3.8, 4) is 6.07 Å². The highest BCUT2D eigenvalue weighted by atomic mass is 32.2. The maximum atomic E-state index is 14.5. The molecule has 2 fully saturated rings. The molecule has 0 aromatic heterocycles. The van der Waals surface area contributed by atoms with Crippen LogP contribution in [0.1, 0.15) is 52.9 Å². The zero-order valence-electron chi connectivity index (χ0n) is 24.5. The quantitative estimate of drug-likeness (QED) is 0.352. The number of carbonyl (C=O) groups excluding carboxylic acids is 1. The van der Waals surface area contributed by atoms with Crippen LogP contribution in [0.25, 0.3) is 0 Å². The largest absolute Gasteiger partial charge is 0.370 e. The van der Waals surface area contributed by atoms with Crippen molar-refractivity contribution in [2.45, 2.75) is 45.4 Å². The van der Waals surface area contributed by atoms with Crippen LogP contribution in [0.3, 0.4) is 0 Å². The lowest BCUT2D eigenvalue weighted by Crippen LogP contribution is -2.49. The Bertz CT molecular complexity index is 1630. The fourth-order valence-corrected chi connectivity index (χ4v) is 7.37. The third-order valence-corrected chi connectivity index (χ3v) is 9.83.